The van der Waals surface area contributed by atoms with E-state index in [0.29, 0.717) is 57.4 Å². The first kappa shape index (κ1) is 34.4. The minimum atomic E-state index is -1.07. The number of carbonyl (C=O) groups is 3. The summed E-state index contributed by atoms with van der Waals surface area (Å²) in [5.74, 6) is -0.121. The number of carbonyl (C=O) groups excluding carboxylic acids is 3. The molecule has 2 saturated carbocycles. The Morgan fingerprint density at radius 3 is 2.25 bits per heavy atom. The lowest BCUT2D eigenvalue weighted by Gasteiger charge is -2.34. The lowest BCUT2D eigenvalue weighted by atomic mass is 9.82. The van der Waals surface area contributed by atoms with E-state index in [4.69, 9.17) is 4.74 Å². The molecule has 4 atom stereocenters. The van der Waals surface area contributed by atoms with Gasteiger partial charge < -0.3 is 30.1 Å². The smallest absolute Gasteiger partial charge is 0.242 e. The summed E-state index contributed by atoms with van der Waals surface area (Å²) in [5.41, 5.74) is 0.925. The van der Waals surface area contributed by atoms with Gasteiger partial charge in [0.05, 0.1) is 25.4 Å². The second-order valence-corrected chi connectivity index (χ2v) is 13.9. The molecule has 1 aliphatic heterocycles. The van der Waals surface area contributed by atoms with Crippen LogP contribution in [-0.4, -0.2) is 88.8 Å². The minimum Gasteiger partial charge on any atom is -0.390 e. The quantitative estimate of drug-likeness (QED) is 0.260. The molecule has 4 rings (SSSR count). The molecule has 3 aliphatic rings. The SMILES string of the molecule is CC(C)C[C@H](O)[C@H](O)[C@H](CC1CCCCC1)NC(=O)[C@@H](CC(=O)N(CC(=O)N1CCOCC1)Cc1ccccc1)CC1CC1. The Labute approximate surface area is 263 Å². The average molecular weight is 614 g/mol. The lowest BCUT2D eigenvalue weighted by Crippen LogP contribution is -2.52. The fourth-order valence-electron chi connectivity index (χ4n) is 6.75. The zero-order valence-corrected chi connectivity index (χ0v) is 26.9. The molecule has 3 amide bonds. The molecule has 0 bridgehead atoms. The Bertz CT molecular complexity index is 1040. The number of ether oxygens (including phenoxy) is 1. The summed E-state index contributed by atoms with van der Waals surface area (Å²) in [6.07, 6.45) is 7.42. The molecule has 1 saturated heterocycles. The summed E-state index contributed by atoms with van der Waals surface area (Å²) in [6.45, 7) is 6.25. The van der Waals surface area contributed by atoms with Crippen LogP contribution < -0.4 is 5.32 Å². The van der Waals surface area contributed by atoms with E-state index in [1.165, 1.54) is 6.42 Å². The molecule has 0 radical (unpaired) electrons. The average Bonchev–Trinajstić information content (AvgIpc) is 3.85. The van der Waals surface area contributed by atoms with Gasteiger partial charge in [0.1, 0.15) is 12.6 Å². The van der Waals surface area contributed by atoms with Crippen molar-refractivity contribution in [3.63, 3.8) is 0 Å². The van der Waals surface area contributed by atoms with Crippen LogP contribution in [0.25, 0.3) is 0 Å². The van der Waals surface area contributed by atoms with Crippen LogP contribution in [0.5, 0.6) is 0 Å². The fraction of sp³-hybridized carbons (Fsp3) is 0.743. The van der Waals surface area contributed by atoms with Crippen LogP contribution in [0.1, 0.15) is 90.0 Å². The number of amides is 3. The van der Waals surface area contributed by atoms with Crippen molar-refractivity contribution < 1.29 is 29.3 Å². The van der Waals surface area contributed by atoms with Crippen molar-refractivity contribution in [3.05, 3.63) is 35.9 Å². The number of aliphatic hydroxyl groups is 2. The summed E-state index contributed by atoms with van der Waals surface area (Å²) in [5, 5.41) is 25.2. The van der Waals surface area contributed by atoms with Gasteiger partial charge in [-0.2, -0.15) is 0 Å². The summed E-state index contributed by atoms with van der Waals surface area (Å²) in [6, 6.07) is 9.05. The predicted molar refractivity (Wildman–Crippen MR) is 169 cm³/mol. The Balaban J connectivity index is 1.47. The zero-order chi connectivity index (χ0) is 31.5. The summed E-state index contributed by atoms with van der Waals surface area (Å²) in [4.78, 5) is 44.4. The molecule has 2 aliphatic carbocycles. The lowest BCUT2D eigenvalue weighted by molar-refractivity contribution is -0.144. The molecule has 0 spiro atoms. The highest BCUT2D eigenvalue weighted by Gasteiger charge is 2.36. The molecule has 246 valence electrons. The van der Waals surface area contributed by atoms with Crippen molar-refractivity contribution in [1.29, 1.82) is 0 Å². The molecule has 44 heavy (non-hydrogen) atoms. The van der Waals surface area contributed by atoms with E-state index >= 15 is 0 Å². The van der Waals surface area contributed by atoms with Gasteiger partial charge in [-0.1, -0.05) is 89.1 Å². The molecule has 3 fully saturated rings. The second-order valence-electron chi connectivity index (χ2n) is 13.9. The van der Waals surface area contributed by atoms with Crippen LogP contribution in [0, 0.1) is 23.7 Å². The first-order valence-electron chi connectivity index (χ1n) is 17.0. The highest BCUT2D eigenvalue weighted by molar-refractivity contribution is 5.88. The van der Waals surface area contributed by atoms with E-state index in [1.54, 1.807) is 9.80 Å². The normalized spacial score (nSPS) is 20.5. The molecule has 1 aromatic rings. The Morgan fingerprint density at radius 1 is 0.955 bits per heavy atom. The fourth-order valence-corrected chi connectivity index (χ4v) is 6.75. The van der Waals surface area contributed by atoms with Gasteiger partial charge in [0.15, 0.2) is 0 Å². The number of benzene rings is 1. The molecular weight excluding hydrogens is 558 g/mol. The largest absolute Gasteiger partial charge is 0.390 e. The zero-order valence-electron chi connectivity index (χ0n) is 26.9. The van der Waals surface area contributed by atoms with E-state index < -0.39 is 24.2 Å². The Kier molecular flexibility index (Phi) is 13.5. The van der Waals surface area contributed by atoms with Crippen molar-refractivity contribution in [2.45, 2.75) is 109 Å². The van der Waals surface area contributed by atoms with Crippen LogP contribution in [0.4, 0.5) is 0 Å². The van der Waals surface area contributed by atoms with E-state index in [9.17, 15) is 24.6 Å². The minimum absolute atomic E-state index is 0.00630. The van der Waals surface area contributed by atoms with Crippen LogP contribution in [-0.2, 0) is 25.7 Å². The van der Waals surface area contributed by atoms with Gasteiger partial charge in [-0.25, -0.2) is 0 Å². The predicted octanol–water partition coefficient (Wildman–Crippen LogP) is 3.90. The maximum Gasteiger partial charge on any atom is 0.242 e. The van der Waals surface area contributed by atoms with E-state index in [0.717, 1.165) is 44.1 Å². The van der Waals surface area contributed by atoms with Crippen LogP contribution in [0.15, 0.2) is 30.3 Å². The summed E-state index contributed by atoms with van der Waals surface area (Å²) < 4.78 is 5.40. The van der Waals surface area contributed by atoms with Gasteiger partial charge in [-0.05, 0) is 42.6 Å². The number of hydrogen-bond acceptors (Lipinski definition) is 6. The number of rotatable bonds is 16. The monoisotopic (exact) mass is 613 g/mol. The van der Waals surface area contributed by atoms with Crippen LogP contribution >= 0.6 is 0 Å². The van der Waals surface area contributed by atoms with Crippen molar-refractivity contribution in [3.8, 4) is 0 Å². The maximum atomic E-state index is 13.9. The second kappa shape index (κ2) is 17.3. The first-order valence-corrected chi connectivity index (χ1v) is 17.0. The van der Waals surface area contributed by atoms with Gasteiger partial charge in [-0.15, -0.1) is 0 Å². The number of hydrogen-bond donors (Lipinski definition) is 3. The molecule has 0 unspecified atom stereocenters. The first-order chi connectivity index (χ1) is 21.2. The van der Waals surface area contributed by atoms with Gasteiger partial charge in [-0.3, -0.25) is 14.4 Å². The van der Waals surface area contributed by atoms with E-state index in [2.05, 4.69) is 5.32 Å². The van der Waals surface area contributed by atoms with Crippen molar-refractivity contribution in [2.24, 2.45) is 23.7 Å². The summed E-state index contributed by atoms with van der Waals surface area (Å²) >= 11 is 0. The van der Waals surface area contributed by atoms with Crippen molar-refractivity contribution in [1.82, 2.24) is 15.1 Å². The maximum absolute atomic E-state index is 13.9. The molecule has 9 heteroatoms. The van der Waals surface area contributed by atoms with E-state index in [-0.39, 0.29) is 43.1 Å². The van der Waals surface area contributed by atoms with Crippen molar-refractivity contribution in [2.75, 3.05) is 32.8 Å². The molecule has 9 nitrogen and oxygen atoms in total. The molecule has 1 heterocycles. The topological polar surface area (TPSA) is 119 Å². The molecule has 0 aromatic heterocycles. The number of morpholine rings is 1. The van der Waals surface area contributed by atoms with Crippen LogP contribution in [0.3, 0.4) is 0 Å². The van der Waals surface area contributed by atoms with Crippen LogP contribution in [0.2, 0.25) is 0 Å². The number of aliphatic hydroxyl groups excluding tert-OH is 2. The van der Waals surface area contributed by atoms with Crippen molar-refractivity contribution >= 4 is 17.7 Å². The highest BCUT2D eigenvalue weighted by atomic mass is 16.5. The third-order valence-electron chi connectivity index (χ3n) is 9.52. The molecule has 3 N–H and O–H groups in total. The molecular formula is C35H55N3O6. The van der Waals surface area contributed by atoms with Gasteiger partial charge >= 0.3 is 0 Å². The summed E-state index contributed by atoms with van der Waals surface area (Å²) in [7, 11) is 0. The molecule has 1 aromatic carbocycles. The Hall–Kier alpha value is -2.49. The van der Waals surface area contributed by atoms with E-state index in [1.807, 2.05) is 44.2 Å². The van der Waals surface area contributed by atoms with Gasteiger partial charge in [0.25, 0.3) is 0 Å². The van der Waals surface area contributed by atoms with Gasteiger partial charge in [0.2, 0.25) is 17.7 Å². The number of nitrogens with one attached hydrogen (secondary N) is 1. The highest BCUT2D eigenvalue weighted by Crippen LogP contribution is 2.37. The Morgan fingerprint density at radius 2 is 1.61 bits per heavy atom. The third-order valence-corrected chi connectivity index (χ3v) is 9.52. The van der Waals surface area contributed by atoms with Gasteiger partial charge in [0, 0.05) is 32.0 Å². The third kappa shape index (κ3) is 11.1. The standard InChI is InChI=1S/C35H55N3O6/c1-25(2)19-31(39)34(42)30(21-26-9-5-3-6-10-26)36-35(43)29(20-27-13-14-27)22-32(40)38(23-28-11-7-4-8-12-28)24-33(41)37-15-17-44-18-16-37/h4,7-8,11-12,25-27,29-31,34,39,42H,3,5-6,9-10,13-24H2,1-2H3,(H,36,43)/t29-,30+,31+,34-/m1/s1. The number of nitrogens with zero attached hydrogens (tertiary/aromatic N) is 2.